The van der Waals surface area contributed by atoms with Crippen molar-refractivity contribution in [1.29, 1.82) is 0 Å². The minimum Gasteiger partial charge on any atom is -0.465 e. The van der Waals surface area contributed by atoms with E-state index in [0.717, 1.165) is 11.3 Å². The third kappa shape index (κ3) is 4.92. The largest absolute Gasteiger partial charge is 0.465 e. The molecule has 0 saturated heterocycles. The van der Waals surface area contributed by atoms with Gasteiger partial charge in [0.2, 0.25) is 0 Å². The van der Waals surface area contributed by atoms with Crippen LogP contribution in [0.25, 0.3) is 10.4 Å². The van der Waals surface area contributed by atoms with E-state index in [0.29, 0.717) is 10.4 Å². The average Bonchev–Trinajstić information content (AvgIpc) is 2.91. The monoisotopic (exact) mass is 399 g/mol. The van der Waals surface area contributed by atoms with Crippen LogP contribution in [0.15, 0.2) is 24.3 Å². The number of nitrogens with zero attached hydrogens (tertiary/aromatic N) is 2. The van der Waals surface area contributed by atoms with Crippen molar-refractivity contribution in [2.75, 3.05) is 13.1 Å². The molecule has 2 N–H and O–H groups in total. The van der Waals surface area contributed by atoms with Crippen LogP contribution in [-0.4, -0.2) is 45.6 Å². The first-order valence-electron chi connectivity index (χ1n) is 7.80. The number of rotatable bonds is 5. The van der Waals surface area contributed by atoms with Crippen molar-refractivity contribution in [1.82, 2.24) is 15.2 Å². The number of amides is 2. The Morgan fingerprint density at radius 3 is 2.65 bits per heavy atom. The van der Waals surface area contributed by atoms with Crippen molar-refractivity contribution in [3.05, 3.63) is 40.2 Å². The van der Waals surface area contributed by atoms with Gasteiger partial charge in [-0.15, -0.1) is 11.3 Å². The number of hydrogen-bond donors (Lipinski definition) is 2. The SMILES string of the molecule is CC(C)(C)N(CCNC(=O)c1nc(Cl)sc1-c1cccc(F)c1)C(=O)O. The first-order valence-corrected chi connectivity index (χ1v) is 9.00. The summed E-state index contributed by atoms with van der Waals surface area (Å²) in [4.78, 5) is 29.5. The van der Waals surface area contributed by atoms with E-state index >= 15 is 0 Å². The standard InChI is InChI=1S/C17H19ClFN3O3S/c1-17(2,3)22(16(24)25)8-7-20-14(23)12-13(26-15(18)21-12)10-5-4-6-11(19)9-10/h4-6,9H,7-8H2,1-3H3,(H,20,23)(H,24,25). The first kappa shape index (κ1) is 20.1. The predicted octanol–water partition coefficient (Wildman–Crippen LogP) is 4.11. The quantitative estimate of drug-likeness (QED) is 0.792. The molecule has 9 heteroatoms. The van der Waals surface area contributed by atoms with Crippen LogP contribution in [0.5, 0.6) is 0 Å². The molecule has 0 atom stereocenters. The summed E-state index contributed by atoms with van der Waals surface area (Å²) in [5.74, 6) is -0.924. The summed E-state index contributed by atoms with van der Waals surface area (Å²) < 4.78 is 13.6. The Morgan fingerprint density at radius 1 is 1.38 bits per heavy atom. The van der Waals surface area contributed by atoms with E-state index in [1.807, 2.05) is 0 Å². The van der Waals surface area contributed by atoms with Gasteiger partial charge >= 0.3 is 6.09 Å². The summed E-state index contributed by atoms with van der Waals surface area (Å²) in [6, 6.07) is 5.80. The van der Waals surface area contributed by atoms with Gasteiger partial charge in [0.15, 0.2) is 4.47 Å². The van der Waals surface area contributed by atoms with E-state index < -0.39 is 23.4 Å². The minimum absolute atomic E-state index is 0.0863. The molecule has 2 rings (SSSR count). The fourth-order valence-electron chi connectivity index (χ4n) is 2.36. The van der Waals surface area contributed by atoms with Crippen molar-refractivity contribution in [2.45, 2.75) is 26.3 Å². The highest BCUT2D eigenvalue weighted by atomic mass is 35.5. The van der Waals surface area contributed by atoms with E-state index in [1.165, 1.54) is 23.1 Å². The maximum absolute atomic E-state index is 13.5. The highest BCUT2D eigenvalue weighted by Crippen LogP contribution is 2.33. The van der Waals surface area contributed by atoms with E-state index in [2.05, 4.69) is 10.3 Å². The molecule has 0 spiro atoms. The van der Waals surface area contributed by atoms with Crippen LogP contribution in [0.1, 0.15) is 31.3 Å². The zero-order valence-electron chi connectivity index (χ0n) is 14.5. The molecule has 0 bridgehead atoms. The molecule has 6 nitrogen and oxygen atoms in total. The molecule has 0 saturated carbocycles. The molecule has 1 aromatic heterocycles. The topological polar surface area (TPSA) is 82.5 Å². The number of carboxylic acid groups (broad SMARTS) is 1. The predicted molar refractivity (Wildman–Crippen MR) is 99.3 cm³/mol. The molecule has 1 aromatic carbocycles. The van der Waals surface area contributed by atoms with Gasteiger partial charge in [-0.2, -0.15) is 0 Å². The molecule has 2 aromatic rings. The summed E-state index contributed by atoms with van der Waals surface area (Å²) in [6.45, 7) is 5.54. The second kappa shape index (κ2) is 8.01. The van der Waals surface area contributed by atoms with Crippen LogP contribution >= 0.6 is 22.9 Å². The number of benzene rings is 1. The molecule has 0 radical (unpaired) electrons. The molecule has 140 valence electrons. The fourth-order valence-corrected chi connectivity index (χ4v) is 3.46. The maximum atomic E-state index is 13.5. The number of carbonyl (C=O) groups excluding carboxylic acids is 1. The number of hydrogen-bond acceptors (Lipinski definition) is 4. The van der Waals surface area contributed by atoms with Gasteiger partial charge in [-0.1, -0.05) is 23.7 Å². The second-order valence-electron chi connectivity index (χ2n) is 6.52. The van der Waals surface area contributed by atoms with Gasteiger partial charge in [-0.25, -0.2) is 14.2 Å². The molecular weight excluding hydrogens is 381 g/mol. The Bertz CT molecular complexity index is 820. The van der Waals surface area contributed by atoms with Crippen molar-refractivity contribution in [3.8, 4) is 10.4 Å². The first-order chi connectivity index (χ1) is 12.1. The van der Waals surface area contributed by atoms with Gasteiger partial charge in [0.1, 0.15) is 11.5 Å². The summed E-state index contributed by atoms with van der Waals surface area (Å²) in [5, 5.41) is 11.9. The Morgan fingerprint density at radius 2 is 2.08 bits per heavy atom. The van der Waals surface area contributed by atoms with Gasteiger partial charge in [-0.05, 0) is 38.5 Å². The zero-order valence-corrected chi connectivity index (χ0v) is 16.1. The van der Waals surface area contributed by atoms with Crippen molar-refractivity contribution in [3.63, 3.8) is 0 Å². The Balaban J connectivity index is 2.12. The average molecular weight is 400 g/mol. The summed E-state index contributed by atoms with van der Waals surface area (Å²) in [7, 11) is 0. The lowest BCUT2D eigenvalue weighted by molar-refractivity contribution is 0.0889. The van der Waals surface area contributed by atoms with Crippen LogP contribution in [0.2, 0.25) is 4.47 Å². The summed E-state index contributed by atoms with van der Waals surface area (Å²) >= 11 is 7.01. The van der Waals surface area contributed by atoms with Crippen LogP contribution in [0.3, 0.4) is 0 Å². The van der Waals surface area contributed by atoms with E-state index in [4.69, 9.17) is 11.6 Å². The van der Waals surface area contributed by atoms with Crippen molar-refractivity contribution >= 4 is 34.9 Å². The van der Waals surface area contributed by atoms with E-state index in [-0.39, 0.29) is 23.3 Å². The molecule has 0 unspecified atom stereocenters. The normalized spacial score (nSPS) is 11.3. The molecular formula is C17H19ClFN3O3S. The Hall–Kier alpha value is -2.19. The molecule has 0 aliphatic rings. The highest BCUT2D eigenvalue weighted by Gasteiger charge is 2.26. The summed E-state index contributed by atoms with van der Waals surface area (Å²) in [5.41, 5.74) is -0.00243. The molecule has 0 aliphatic heterocycles. The van der Waals surface area contributed by atoms with Gasteiger partial charge in [0.05, 0.1) is 4.88 Å². The van der Waals surface area contributed by atoms with Gasteiger partial charge in [-0.3, -0.25) is 4.79 Å². The van der Waals surface area contributed by atoms with E-state index in [9.17, 15) is 19.1 Å². The zero-order chi connectivity index (χ0) is 19.5. The van der Waals surface area contributed by atoms with Crippen LogP contribution in [-0.2, 0) is 0 Å². The van der Waals surface area contributed by atoms with Gasteiger partial charge < -0.3 is 15.3 Å². The highest BCUT2D eigenvalue weighted by molar-refractivity contribution is 7.19. The van der Waals surface area contributed by atoms with Crippen molar-refractivity contribution in [2.24, 2.45) is 0 Å². The van der Waals surface area contributed by atoms with Crippen molar-refractivity contribution < 1.29 is 19.1 Å². The molecule has 0 aliphatic carbocycles. The number of carbonyl (C=O) groups is 2. The molecule has 0 fully saturated rings. The number of nitrogens with one attached hydrogen (secondary N) is 1. The number of aromatic nitrogens is 1. The van der Waals surface area contributed by atoms with E-state index in [1.54, 1.807) is 26.8 Å². The lowest BCUT2D eigenvalue weighted by Crippen LogP contribution is -2.48. The van der Waals surface area contributed by atoms with Crippen LogP contribution in [0, 0.1) is 5.82 Å². The smallest absolute Gasteiger partial charge is 0.407 e. The Labute approximate surface area is 159 Å². The molecule has 1 heterocycles. The number of halogens is 2. The van der Waals surface area contributed by atoms with Crippen LogP contribution in [0.4, 0.5) is 9.18 Å². The third-order valence-electron chi connectivity index (χ3n) is 3.56. The third-order valence-corrected chi connectivity index (χ3v) is 4.77. The fraction of sp³-hybridized carbons (Fsp3) is 0.353. The minimum atomic E-state index is -1.07. The maximum Gasteiger partial charge on any atom is 0.407 e. The second-order valence-corrected chi connectivity index (χ2v) is 8.10. The van der Waals surface area contributed by atoms with Crippen LogP contribution < -0.4 is 5.32 Å². The van der Waals surface area contributed by atoms with Gasteiger partial charge in [0.25, 0.3) is 5.91 Å². The molecule has 26 heavy (non-hydrogen) atoms. The molecule has 2 amide bonds. The lowest BCUT2D eigenvalue weighted by Gasteiger charge is -2.33. The lowest BCUT2D eigenvalue weighted by atomic mass is 10.1. The number of thiazole rings is 1. The summed E-state index contributed by atoms with van der Waals surface area (Å²) in [6.07, 6.45) is -1.07. The van der Waals surface area contributed by atoms with Gasteiger partial charge in [0, 0.05) is 18.6 Å². The Kier molecular flexibility index (Phi) is 6.20.